The SMILES string of the molecule is C=CCCNc1cccc(C#N)c1N. The highest BCUT2D eigenvalue weighted by Gasteiger charge is 2.02. The van der Waals surface area contributed by atoms with Gasteiger partial charge in [-0.25, -0.2) is 0 Å². The van der Waals surface area contributed by atoms with E-state index in [1.165, 1.54) is 0 Å². The molecule has 0 spiro atoms. The predicted octanol–water partition coefficient (Wildman–Crippen LogP) is 2.13. The largest absolute Gasteiger partial charge is 0.396 e. The summed E-state index contributed by atoms with van der Waals surface area (Å²) < 4.78 is 0. The first-order valence-electron chi connectivity index (χ1n) is 4.43. The summed E-state index contributed by atoms with van der Waals surface area (Å²) in [6.45, 7) is 4.40. The molecule has 0 aliphatic heterocycles. The molecule has 0 heterocycles. The zero-order valence-electron chi connectivity index (χ0n) is 7.96. The van der Waals surface area contributed by atoms with Gasteiger partial charge in [0.05, 0.1) is 16.9 Å². The molecule has 0 atom stereocenters. The Morgan fingerprint density at radius 2 is 2.36 bits per heavy atom. The predicted molar refractivity (Wildman–Crippen MR) is 58.9 cm³/mol. The van der Waals surface area contributed by atoms with Crippen molar-refractivity contribution in [1.82, 2.24) is 0 Å². The standard InChI is InChI=1S/C11H13N3/c1-2-3-7-14-10-6-4-5-9(8-12)11(10)13/h2,4-6,14H,1,3,7,13H2. The summed E-state index contributed by atoms with van der Waals surface area (Å²) in [5, 5.41) is 11.9. The summed E-state index contributed by atoms with van der Waals surface area (Å²) >= 11 is 0. The lowest BCUT2D eigenvalue weighted by Crippen LogP contribution is -2.04. The van der Waals surface area contributed by atoms with E-state index in [4.69, 9.17) is 11.0 Å². The van der Waals surface area contributed by atoms with Gasteiger partial charge in [0.15, 0.2) is 0 Å². The van der Waals surface area contributed by atoms with E-state index in [1.54, 1.807) is 6.07 Å². The molecule has 0 aliphatic rings. The third-order valence-corrected chi connectivity index (χ3v) is 1.89. The monoisotopic (exact) mass is 187 g/mol. The Hall–Kier alpha value is -1.95. The van der Waals surface area contributed by atoms with E-state index >= 15 is 0 Å². The maximum Gasteiger partial charge on any atom is 0.101 e. The van der Waals surface area contributed by atoms with E-state index in [-0.39, 0.29) is 0 Å². The molecule has 0 bridgehead atoms. The fourth-order valence-corrected chi connectivity index (χ4v) is 1.13. The minimum absolute atomic E-state index is 0.508. The molecular weight excluding hydrogens is 174 g/mol. The van der Waals surface area contributed by atoms with Crippen molar-refractivity contribution in [2.45, 2.75) is 6.42 Å². The molecule has 0 radical (unpaired) electrons. The molecule has 0 unspecified atom stereocenters. The fraction of sp³-hybridized carbons (Fsp3) is 0.182. The van der Waals surface area contributed by atoms with Gasteiger partial charge >= 0.3 is 0 Å². The van der Waals surface area contributed by atoms with Crippen LogP contribution in [-0.4, -0.2) is 6.54 Å². The first-order valence-corrected chi connectivity index (χ1v) is 4.43. The van der Waals surface area contributed by atoms with Gasteiger partial charge in [-0.2, -0.15) is 5.26 Å². The number of anilines is 2. The number of hydrogen-bond donors (Lipinski definition) is 2. The Morgan fingerprint density at radius 3 is 3.00 bits per heavy atom. The average Bonchev–Trinajstić information content (AvgIpc) is 2.21. The van der Waals surface area contributed by atoms with Crippen LogP contribution >= 0.6 is 0 Å². The first-order chi connectivity index (χ1) is 6.79. The van der Waals surface area contributed by atoms with Crippen molar-refractivity contribution in [3.63, 3.8) is 0 Å². The first kappa shape index (κ1) is 10.1. The maximum absolute atomic E-state index is 8.74. The second kappa shape index (κ2) is 4.93. The molecule has 3 heteroatoms. The normalized spacial score (nSPS) is 9.07. The number of para-hydroxylation sites is 1. The van der Waals surface area contributed by atoms with Crippen LogP contribution in [0.25, 0.3) is 0 Å². The Bertz CT molecular complexity index is 363. The van der Waals surface area contributed by atoms with Crippen molar-refractivity contribution >= 4 is 11.4 Å². The van der Waals surface area contributed by atoms with Gasteiger partial charge in [0.25, 0.3) is 0 Å². The fourth-order valence-electron chi connectivity index (χ4n) is 1.13. The lowest BCUT2D eigenvalue weighted by Gasteiger charge is -2.08. The van der Waals surface area contributed by atoms with Crippen molar-refractivity contribution in [2.24, 2.45) is 0 Å². The quantitative estimate of drug-likeness (QED) is 0.431. The molecule has 0 amide bonds. The Kier molecular flexibility index (Phi) is 3.57. The second-order valence-corrected chi connectivity index (χ2v) is 2.88. The summed E-state index contributed by atoms with van der Waals surface area (Å²) in [6, 6.07) is 7.41. The molecule has 1 aromatic carbocycles. The van der Waals surface area contributed by atoms with E-state index in [1.807, 2.05) is 24.3 Å². The van der Waals surface area contributed by atoms with E-state index in [9.17, 15) is 0 Å². The summed E-state index contributed by atoms with van der Waals surface area (Å²) in [7, 11) is 0. The maximum atomic E-state index is 8.74. The second-order valence-electron chi connectivity index (χ2n) is 2.88. The van der Waals surface area contributed by atoms with Crippen molar-refractivity contribution in [2.75, 3.05) is 17.6 Å². The molecule has 3 N–H and O–H groups in total. The molecule has 0 aromatic heterocycles. The van der Waals surface area contributed by atoms with Crippen LogP contribution in [0.15, 0.2) is 30.9 Å². The number of nitrogens with zero attached hydrogens (tertiary/aromatic N) is 1. The van der Waals surface area contributed by atoms with Crippen molar-refractivity contribution in [1.29, 1.82) is 5.26 Å². The highest BCUT2D eigenvalue weighted by Crippen LogP contribution is 2.21. The topological polar surface area (TPSA) is 61.8 Å². The van der Waals surface area contributed by atoms with Crippen LogP contribution in [0, 0.1) is 11.3 Å². The van der Waals surface area contributed by atoms with Crippen molar-refractivity contribution in [3.05, 3.63) is 36.4 Å². The number of nitrogens with two attached hydrogens (primary N) is 1. The Morgan fingerprint density at radius 1 is 1.57 bits per heavy atom. The molecule has 1 rings (SSSR count). The van der Waals surface area contributed by atoms with Gasteiger partial charge in [0.2, 0.25) is 0 Å². The number of nitriles is 1. The van der Waals surface area contributed by atoms with Crippen molar-refractivity contribution < 1.29 is 0 Å². The van der Waals surface area contributed by atoms with Gasteiger partial charge < -0.3 is 11.1 Å². The molecule has 14 heavy (non-hydrogen) atoms. The van der Waals surface area contributed by atoms with Crippen LogP contribution in [-0.2, 0) is 0 Å². The van der Waals surface area contributed by atoms with Gasteiger partial charge in [0.1, 0.15) is 6.07 Å². The molecule has 0 fully saturated rings. The number of benzene rings is 1. The highest BCUT2D eigenvalue weighted by atomic mass is 14.9. The zero-order chi connectivity index (χ0) is 10.4. The van der Waals surface area contributed by atoms with E-state index in [2.05, 4.69) is 11.9 Å². The van der Waals surface area contributed by atoms with Crippen molar-refractivity contribution in [3.8, 4) is 6.07 Å². The Balaban J connectivity index is 2.77. The minimum atomic E-state index is 0.508. The zero-order valence-corrected chi connectivity index (χ0v) is 7.96. The van der Waals surface area contributed by atoms with Gasteiger partial charge in [-0.15, -0.1) is 6.58 Å². The van der Waals surface area contributed by atoms with Gasteiger partial charge in [-0.3, -0.25) is 0 Å². The van der Waals surface area contributed by atoms with Crippen LogP contribution in [0.2, 0.25) is 0 Å². The third kappa shape index (κ3) is 2.27. The van der Waals surface area contributed by atoms with Gasteiger partial charge in [0, 0.05) is 6.54 Å². The van der Waals surface area contributed by atoms with Crippen LogP contribution in [0.4, 0.5) is 11.4 Å². The van der Waals surface area contributed by atoms with E-state index in [0.717, 1.165) is 18.7 Å². The number of nitrogens with one attached hydrogen (secondary N) is 1. The number of hydrogen-bond acceptors (Lipinski definition) is 3. The Labute approximate surface area is 83.8 Å². The third-order valence-electron chi connectivity index (χ3n) is 1.89. The smallest absolute Gasteiger partial charge is 0.101 e. The van der Waals surface area contributed by atoms with Gasteiger partial charge in [-0.05, 0) is 18.6 Å². The number of rotatable bonds is 4. The summed E-state index contributed by atoms with van der Waals surface area (Å²) in [6.07, 6.45) is 2.70. The lowest BCUT2D eigenvalue weighted by molar-refractivity contribution is 1.07. The molecule has 0 saturated carbocycles. The van der Waals surface area contributed by atoms with Crippen LogP contribution in [0.3, 0.4) is 0 Å². The highest BCUT2D eigenvalue weighted by molar-refractivity contribution is 5.72. The molecule has 0 saturated heterocycles. The van der Waals surface area contributed by atoms with Gasteiger partial charge in [-0.1, -0.05) is 12.1 Å². The van der Waals surface area contributed by atoms with Crippen LogP contribution in [0.1, 0.15) is 12.0 Å². The van der Waals surface area contributed by atoms with Crippen LogP contribution < -0.4 is 11.1 Å². The summed E-state index contributed by atoms with van der Waals surface area (Å²) in [5.74, 6) is 0. The molecule has 72 valence electrons. The molecule has 1 aromatic rings. The molecular formula is C11H13N3. The molecule has 3 nitrogen and oxygen atoms in total. The summed E-state index contributed by atoms with van der Waals surface area (Å²) in [5.41, 5.74) is 7.60. The van der Waals surface area contributed by atoms with E-state index in [0.29, 0.717) is 11.3 Å². The van der Waals surface area contributed by atoms with E-state index < -0.39 is 0 Å². The summed E-state index contributed by atoms with van der Waals surface area (Å²) in [4.78, 5) is 0. The minimum Gasteiger partial charge on any atom is -0.396 e. The van der Waals surface area contributed by atoms with Crippen LogP contribution in [0.5, 0.6) is 0 Å². The number of nitrogen functional groups attached to an aromatic ring is 1. The lowest BCUT2D eigenvalue weighted by atomic mass is 10.1. The molecule has 0 aliphatic carbocycles. The average molecular weight is 187 g/mol.